The van der Waals surface area contributed by atoms with Gasteiger partial charge in [0.2, 0.25) is 10.0 Å². The minimum atomic E-state index is -3.80. The summed E-state index contributed by atoms with van der Waals surface area (Å²) in [4.78, 5) is 12.9. The van der Waals surface area contributed by atoms with Gasteiger partial charge in [-0.3, -0.25) is 4.79 Å². The summed E-state index contributed by atoms with van der Waals surface area (Å²) in [6.07, 6.45) is 3.65. The van der Waals surface area contributed by atoms with Gasteiger partial charge in [-0.05, 0) is 56.2 Å². The Morgan fingerprint density at radius 2 is 1.74 bits per heavy atom. The van der Waals surface area contributed by atoms with Gasteiger partial charge >= 0.3 is 0 Å². The monoisotopic (exact) mass is 466 g/mol. The van der Waals surface area contributed by atoms with E-state index in [1.165, 1.54) is 29.6 Å². The molecule has 2 aromatic carbocycles. The quantitative estimate of drug-likeness (QED) is 0.646. The first-order chi connectivity index (χ1) is 14.9. The van der Waals surface area contributed by atoms with Crippen LogP contribution in [0, 0.1) is 0 Å². The second kappa shape index (κ2) is 10.3. The third-order valence-corrected chi connectivity index (χ3v) is 7.25. The maximum absolute atomic E-state index is 13.3. The van der Waals surface area contributed by atoms with E-state index in [9.17, 15) is 13.2 Å². The molecule has 1 N–H and O–H groups in total. The molecule has 1 saturated heterocycles. The summed E-state index contributed by atoms with van der Waals surface area (Å²) < 4.78 is 38.9. The fourth-order valence-corrected chi connectivity index (χ4v) is 5.39. The van der Waals surface area contributed by atoms with Crippen molar-refractivity contribution in [1.29, 1.82) is 0 Å². The van der Waals surface area contributed by atoms with Crippen molar-refractivity contribution < 1.29 is 22.7 Å². The number of amides is 1. The Labute approximate surface area is 188 Å². The van der Waals surface area contributed by atoms with Gasteiger partial charge in [-0.25, -0.2) is 8.42 Å². The van der Waals surface area contributed by atoms with Crippen LogP contribution in [0.2, 0.25) is 5.02 Å². The van der Waals surface area contributed by atoms with Gasteiger partial charge in [0.25, 0.3) is 5.91 Å². The van der Waals surface area contributed by atoms with Crippen LogP contribution in [0.3, 0.4) is 0 Å². The lowest BCUT2D eigenvalue weighted by Gasteiger charge is -2.21. The molecule has 0 aromatic heterocycles. The first-order valence-electron chi connectivity index (χ1n) is 10.3. The summed E-state index contributed by atoms with van der Waals surface area (Å²) in [5.41, 5.74) is 0.601. The number of halogens is 1. The Hall–Kier alpha value is -2.29. The minimum absolute atomic E-state index is 0.0133. The summed E-state index contributed by atoms with van der Waals surface area (Å²) in [6, 6.07) is 9.32. The Balaban J connectivity index is 1.93. The number of hydrogen-bond donors (Lipinski definition) is 1. The number of benzene rings is 2. The topological polar surface area (TPSA) is 84.9 Å². The van der Waals surface area contributed by atoms with Crippen LogP contribution in [0.4, 0.5) is 5.69 Å². The Bertz CT molecular complexity index is 1030. The van der Waals surface area contributed by atoms with E-state index in [2.05, 4.69) is 5.32 Å². The van der Waals surface area contributed by atoms with Crippen LogP contribution in [0.5, 0.6) is 11.5 Å². The summed E-state index contributed by atoms with van der Waals surface area (Å²) in [5.74, 6) is 0.211. The molecule has 3 rings (SSSR count). The van der Waals surface area contributed by atoms with E-state index in [1.54, 1.807) is 18.2 Å². The van der Waals surface area contributed by atoms with E-state index in [-0.39, 0.29) is 16.2 Å². The zero-order chi connectivity index (χ0) is 22.4. The highest BCUT2D eigenvalue weighted by Crippen LogP contribution is 2.31. The number of nitrogens with one attached hydrogen (secondary N) is 1. The van der Waals surface area contributed by atoms with Crippen molar-refractivity contribution in [2.24, 2.45) is 0 Å². The standard InChI is InChI=1S/C22H27ClN2O5S/c1-3-30-19-11-9-17(23)15-18(19)24-22(26)16-8-10-20(29-2)21(14-16)31(27,28)25-12-6-4-5-7-13-25/h8-11,14-15H,3-7,12-13H2,1-2H3,(H,24,26). The van der Waals surface area contributed by atoms with Crippen molar-refractivity contribution in [3.8, 4) is 11.5 Å². The van der Waals surface area contributed by atoms with E-state index in [0.29, 0.717) is 36.2 Å². The molecule has 9 heteroatoms. The molecule has 1 aliphatic rings. The number of hydrogen-bond acceptors (Lipinski definition) is 5. The molecule has 0 radical (unpaired) electrons. The van der Waals surface area contributed by atoms with E-state index < -0.39 is 15.9 Å². The highest BCUT2D eigenvalue weighted by Gasteiger charge is 2.29. The number of nitrogens with zero attached hydrogens (tertiary/aromatic N) is 1. The van der Waals surface area contributed by atoms with Crippen molar-refractivity contribution in [2.45, 2.75) is 37.5 Å². The van der Waals surface area contributed by atoms with Crippen molar-refractivity contribution in [2.75, 3.05) is 32.1 Å². The number of sulfonamides is 1. The van der Waals surface area contributed by atoms with Crippen LogP contribution in [0.15, 0.2) is 41.3 Å². The zero-order valence-corrected chi connectivity index (χ0v) is 19.3. The van der Waals surface area contributed by atoms with Gasteiger partial charge in [-0.1, -0.05) is 24.4 Å². The average Bonchev–Trinajstić information content (AvgIpc) is 3.05. The van der Waals surface area contributed by atoms with Crippen molar-refractivity contribution in [3.63, 3.8) is 0 Å². The molecule has 168 valence electrons. The van der Waals surface area contributed by atoms with E-state index in [0.717, 1.165) is 25.7 Å². The van der Waals surface area contributed by atoms with Crippen LogP contribution in [-0.4, -0.2) is 45.4 Å². The van der Waals surface area contributed by atoms with E-state index in [1.807, 2.05) is 6.92 Å². The van der Waals surface area contributed by atoms with Gasteiger partial charge in [0.1, 0.15) is 16.4 Å². The number of carbonyl (C=O) groups excluding carboxylic acids is 1. The normalized spacial score (nSPS) is 15.2. The third kappa shape index (κ3) is 5.50. The fraction of sp³-hybridized carbons (Fsp3) is 0.409. The summed E-state index contributed by atoms with van der Waals surface area (Å²) in [7, 11) is -2.38. The predicted octanol–water partition coefficient (Wildman–Crippen LogP) is 4.56. The van der Waals surface area contributed by atoms with Gasteiger partial charge < -0.3 is 14.8 Å². The molecule has 0 saturated carbocycles. The first kappa shape index (κ1) is 23.4. The first-order valence-corrected chi connectivity index (χ1v) is 12.1. The lowest BCUT2D eigenvalue weighted by atomic mass is 10.2. The number of methoxy groups -OCH3 is 1. The maximum atomic E-state index is 13.3. The number of anilines is 1. The van der Waals surface area contributed by atoms with Crippen molar-refractivity contribution >= 4 is 33.2 Å². The molecule has 1 heterocycles. The number of carbonyl (C=O) groups is 1. The molecule has 31 heavy (non-hydrogen) atoms. The molecule has 0 spiro atoms. The van der Waals surface area contributed by atoms with Crippen molar-refractivity contribution in [1.82, 2.24) is 4.31 Å². The Morgan fingerprint density at radius 3 is 2.39 bits per heavy atom. The number of ether oxygens (including phenoxy) is 2. The zero-order valence-electron chi connectivity index (χ0n) is 17.7. The smallest absolute Gasteiger partial charge is 0.255 e. The summed E-state index contributed by atoms with van der Waals surface area (Å²) in [6.45, 7) is 3.18. The summed E-state index contributed by atoms with van der Waals surface area (Å²) in [5, 5.41) is 3.20. The Kier molecular flexibility index (Phi) is 7.80. The fourth-order valence-electron chi connectivity index (χ4n) is 3.52. The molecule has 0 bridgehead atoms. The molecule has 1 aliphatic heterocycles. The second-order valence-corrected chi connectivity index (χ2v) is 9.55. The van der Waals surface area contributed by atoms with E-state index in [4.69, 9.17) is 21.1 Å². The molecule has 0 unspecified atom stereocenters. The molecule has 2 aromatic rings. The molecule has 0 aliphatic carbocycles. The minimum Gasteiger partial charge on any atom is -0.495 e. The largest absolute Gasteiger partial charge is 0.495 e. The molecule has 1 amide bonds. The average molecular weight is 467 g/mol. The van der Waals surface area contributed by atoms with Crippen LogP contribution in [-0.2, 0) is 10.0 Å². The molecule has 7 nitrogen and oxygen atoms in total. The van der Waals surface area contributed by atoms with E-state index >= 15 is 0 Å². The number of rotatable bonds is 7. The summed E-state index contributed by atoms with van der Waals surface area (Å²) >= 11 is 6.06. The molecule has 0 atom stereocenters. The van der Waals surface area contributed by atoms with Crippen LogP contribution in [0.25, 0.3) is 0 Å². The van der Waals surface area contributed by atoms with Gasteiger partial charge in [0.05, 0.1) is 19.4 Å². The van der Waals surface area contributed by atoms with Gasteiger partial charge in [0.15, 0.2) is 0 Å². The second-order valence-electron chi connectivity index (χ2n) is 7.21. The molecular formula is C22H27ClN2O5S. The molecule has 1 fully saturated rings. The molecular weight excluding hydrogens is 440 g/mol. The SMILES string of the molecule is CCOc1ccc(Cl)cc1NC(=O)c1ccc(OC)c(S(=O)(=O)N2CCCCCC2)c1. The van der Waals surface area contributed by atoms with Gasteiger partial charge in [-0.2, -0.15) is 4.31 Å². The third-order valence-electron chi connectivity index (χ3n) is 5.10. The van der Waals surface area contributed by atoms with Gasteiger partial charge in [-0.15, -0.1) is 0 Å². The Morgan fingerprint density at radius 1 is 1.06 bits per heavy atom. The van der Waals surface area contributed by atoms with Crippen LogP contribution in [0.1, 0.15) is 43.0 Å². The van der Waals surface area contributed by atoms with Crippen LogP contribution < -0.4 is 14.8 Å². The highest BCUT2D eigenvalue weighted by atomic mass is 35.5. The lowest BCUT2D eigenvalue weighted by molar-refractivity contribution is 0.102. The predicted molar refractivity (Wildman–Crippen MR) is 121 cm³/mol. The lowest BCUT2D eigenvalue weighted by Crippen LogP contribution is -2.32. The van der Waals surface area contributed by atoms with Crippen LogP contribution >= 0.6 is 11.6 Å². The highest BCUT2D eigenvalue weighted by molar-refractivity contribution is 7.89. The maximum Gasteiger partial charge on any atom is 0.255 e. The van der Waals surface area contributed by atoms with Gasteiger partial charge in [0, 0.05) is 23.7 Å². The van der Waals surface area contributed by atoms with Crippen molar-refractivity contribution in [3.05, 3.63) is 47.0 Å².